The lowest BCUT2D eigenvalue weighted by Gasteiger charge is -2.18. The molecule has 1 aliphatic carbocycles. The standard InChI is InChI=1S/C12H24N2O/c1-3-9(2)8-14-12(15)11-6-4-5-10(11)7-13/h9-11H,3-8,13H2,1-2H3,(H,14,15). The van der Waals surface area contributed by atoms with Gasteiger partial charge in [0.15, 0.2) is 0 Å². The van der Waals surface area contributed by atoms with E-state index in [4.69, 9.17) is 5.73 Å². The first-order valence-corrected chi connectivity index (χ1v) is 6.16. The highest BCUT2D eigenvalue weighted by molar-refractivity contribution is 5.79. The highest BCUT2D eigenvalue weighted by Crippen LogP contribution is 2.30. The molecule has 0 aromatic carbocycles. The van der Waals surface area contributed by atoms with Gasteiger partial charge in [-0.3, -0.25) is 4.79 Å². The van der Waals surface area contributed by atoms with E-state index in [9.17, 15) is 4.79 Å². The Morgan fingerprint density at radius 3 is 2.87 bits per heavy atom. The van der Waals surface area contributed by atoms with Crippen molar-refractivity contribution < 1.29 is 4.79 Å². The van der Waals surface area contributed by atoms with Crippen molar-refractivity contribution in [1.29, 1.82) is 0 Å². The van der Waals surface area contributed by atoms with Gasteiger partial charge in [-0.2, -0.15) is 0 Å². The Hall–Kier alpha value is -0.570. The van der Waals surface area contributed by atoms with Gasteiger partial charge >= 0.3 is 0 Å². The van der Waals surface area contributed by atoms with Gasteiger partial charge in [-0.1, -0.05) is 26.7 Å². The van der Waals surface area contributed by atoms with Crippen molar-refractivity contribution in [2.45, 2.75) is 39.5 Å². The normalized spacial score (nSPS) is 27.7. The van der Waals surface area contributed by atoms with E-state index >= 15 is 0 Å². The molecular weight excluding hydrogens is 188 g/mol. The number of hydrogen-bond donors (Lipinski definition) is 2. The van der Waals surface area contributed by atoms with Crippen molar-refractivity contribution in [3.63, 3.8) is 0 Å². The summed E-state index contributed by atoms with van der Waals surface area (Å²) in [4.78, 5) is 11.9. The highest BCUT2D eigenvalue weighted by atomic mass is 16.1. The van der Waals surface area contributed by atoms with Crippen LogP contribution < -0.4 is 11.1 Å². The molecule has 88 valence electrons. The third-order valence-corrected chi connectivity index (χ3v) is 3.62. The van der Waals surface area contributed by atoms with Gasteiger partial charge in [0, 0.05) is 12.5 Å². The average Bonchev–Trinajstić information content (AvgIpc) is 2.73. The molecule has 1 saturated carbocycles. The monoisotopic (exact) mass is 212 g/mol. The molecule has 1 fully saturated rings. The zero-order valence-electron chi connectivity index (χ0n) is 9.96. The zero-order valence-corrected chi connectivity index (χ0v) is 9.96. The smallest absolute Gasteiger partial charge is 0.223 e. The molecule has 0 bridgehead atoms. The maximum atomic E-state index is 11.9. The molecule has 0 saturated heterocycles. The van der Waals surface area contributed by atoms with Crippen LogP contribution in [-0.4, -0.2) is 19.0 Å². The summed E-state index contributed by atoms with van der Waals surface area (Å²) in [5.41, 5.74) is 5.66. The molecule has 1 amide bonds. The summed E-state index contributed by atoms with van der Waals surface area (Å²) >= 11 is 0. The SMILES string of the molecule is CCC(C)CNC(=O)C1CCCC1CN. The molecule has 15 heavy (non-hydrogen) atoms. The van der Waals surface area contributed by atoms with Crippen LogP contribution >= 0.6 is 0 Å². The molecule has 0 spiro atoms. The third-order valence-electron chi connectivity index (χ3n) is 3.62. The van der Waals surface area contributed by atoms with Crippen molar-refractivity contribution in [3.05, 3.63) is 0 Å². The number of hydrogen-bond acceptors (Lipinski definition) is 2. The lowest BCUT2D eigenvalue weighted by atomic mass is 9.95. The van der Waals surface area contributed by atoms with Crippen LogP contribution in [0.2, 0.25) is 0 Å². The Balaban J connectivity index is 2.33. The lowest BCUT2D eigenvalue weighted by Crippen LogP contribution is -2.37. The summed E-state index contributed by atoms with van der Waals surface area (Å²) < 4.78 is 0. The molecule has 0 heterocycles. The molecule has 3 heteroatoms. The van der Waals surface area contributed by atoms with Gasteiger partial charge in [0.1, 0.15) is 0 Å². The van der Waals surface area contributed by atoms with E-state index in [-0.39, 0.29) is 11.8 Å². The van der Waals surface area contributed by atoms with E-state index in [1.165, 1.54) is 0 Å². The van der Waals surface area contributed by atoms with Crippen LogP contribution in [0.15, 0.2) is 0 Å². The van der Waals surface area contributed by atoms with E-state index in [2.05, 4.69) is 19.2 Å². The largest absolute Gasteiger partial charge is 0.356 e. The molecule has 0 aliphatic heterocycles. The fraction of sp³-hybridized carbons (Fsp3) is 0.917. The molecule has 3 N–H and O–H groups in total. The van der Waals surface area contributed by atoms with E-state index < -0.39 is 0 Å². The molecule has 1 aliphatic rings. The Bertz CT molecular complexity index is 206. The first kappa shape index (κ1) is 12.5. The van der Waals surface area contributed by atoms with Crippen LogP contribution in [-0.2, 0) is 4.79 Å². The van der Waals surface area contributed by atoms with Crippen LogP contribution in [0.3, 0.4) is 0 Å². The number of carbonyl (C=O) groups is 1. The molecule has 0 radical (unpaired) electrons. The molecule has 1 rings (SSSR count). The van der Waals surface area contributed by atoms with E-state index in [1.807, 2.05) is 0 Å². The van der Waals surface area contributed by atoms with Crippen LogP contribution in [0.1, 0.15) is 39.5 Å². The minimum Gasteiger partial charge on any atom is -0.356 e. The van der Waals surface area contributed by atoms with Crippen LogP contribution in [0, 0.1) is 17.8 Å². The molecule has 3 atom stereocenters. The second-order valence-corrected chi connectivity index (χ2v) is 4.79. The lowest BCUT2D eigenvalue weighted by molar-refractivity contribution is -0.126. The average molecular weight is 212 g/mol. The minimum atomic E-state index is 0.180. The zero-order chi connectivity index (χ0) is 11.3. The first-order valence-electron chi connectivity index (χ1n) is 6.16. The molecule has 3 unspecified atom stereocenters. The maximum Gasteiger partial charge on any atom is 0.223 e. The first-order chi connectivity index (χ1) is 7.19. The maximum absolute atomic E-state index is 11.9. The Morgan fingerprint density at radius 1 is 1.53 bits per heavy atom. The quantitative estimate of drug-likeness (QED) is 0.726. The van der Waals surface area contributed by atoms with Crippen LogP contribution in [0.25, 0.3) is 0 Å². The predicted molar refractivity (Wildman–Crippen MR) is 62.4 cm³/mol. The third kappa shape index (κ3) is 3.49. The fourth-order valence-electron chi connectivity index (χ4n) is 2.21. The van der Waals surface area contributed by atoms with Gasteiger partial charge in [0.2, 0.25) is 5.91 Å². The summed E-state index contributed by atoms with van der Waals surface area (Å²) in [6, 6.07) is 0. The summed E-state index contributed by atoms with van der Waals surface area (Å²) in [6.07, 6.45) is 4.42. The van der Waals surface area contributed by atoms with Crippen molar-refractivity contribution in [3.8, 4) is 0 Å². The topological polar surface area (TPSA) is 55.1 Å². The number of nitrogens with one attached hydrogen (secondary N) is 1. The van der Waals surface area contributed by atoms with Crippen molar-refractivity contribution in [2.24, 2.45) is 23.5 Å². The van der Waals surface area contributed by atoms with Gasteiger partial charge < -0.3 is 11.1 Å². The van der Waals surface area contributed by atoms with Crippen LogP contribution in [0.4, 0.5) is 0 Å². The summed E-state index contributed by atoms with van der Waals surface area (Å²) in [5, 5.41) is 3.05. The molecule has 0 aromatic heterocycles. The van der Waals surface area contributed by atoms with E-state index in [1.54, 1.807) is 0 Å². The summed E-state index contributed by atoms with van der Waals surface area (Å²) in [7, 11) is 0. The Morgan fingerprint density at radius 2 is 2.27 bits per heavy atom. The number of rotatable bonds is 5. The van der Waals surface area contributed by atoms with Crippen molar-refractivity contribution >= 4 is 5.91 Å². The van der Waals surface area contributed by atoms with Crippen molar-refractivity contribution in [1.82, 2.24) is 5.32 Å². The molecule has 3 nitrogen and oxygen atoms in total. The second-order valence-electron chi connectivity index (χ2n) is 4.79. The number of nitrogens with two attached hydrogens (primary N) is 1. The minimum absolute atomic E-state index is 0.180. The van der Waals surface area contributed by atoms with E-state index in [0.717, 1.165) is 32.2 Å². The van der Waals surface area contributed by atoms with Gasteiger partial charge in [0.05, 0.1) is 0 Å². The molecular formula is C12H24N2O. The summed E-state index contributed by atoms with van der Waals surface area (Å²) in [6.45, 7) is 5.77. The Kier molecular flexibility index (Phi) is 5.09. The molecule has 0 aromatic rings. The predicted octanol–water partition coefficient (Wildman–Crippen LogP) is 1.52. The number of amides is 1. The highest BCUT2D eigenvalue weighted by Gasteiger charge is 2.31. The fourth-order valence-corrected chi connectivity index (χ4v) is 2.21. The van der Waals surface area contributed by atoms with Gasteiger partial charge in [-0.15, -0.1) is 0 Å². The number of carbonyl (C=O) groups excluding carboxylic acids is 1. The summed E-state index contributed by atoms with van der Waals surface area (Å²) in [5.74, 6) is 1.40. The van der Waals surface area contributed by atoms with Gasteiger partial charge in [0.25, 0.3) is 0 Å². The Labute approximate surface area is 92.8 Å². The van der Waals surface area contributed by atoms with Crippen molar-refractivity contribution in [2.75, 3.05) is 13.1 Å². The van der Waals surface area contributed by atoms with Crippen LogP contribution in [0.5, 0.6) is 0 Å². The van der Waals surface area contributed by atoms with Gasteiger partial charge in [-0.05, 0) is 31.2 Å². The van der Waals surface area contributed by atoms with E-state index in [0.29, 0.717) is 18.4 Å². The van der Waals surface area contributed by atoms with Gasteiger partial charge in [-0.25, -0.2) is 0 Å². The second kappa shape index (κ2) is 6.11.